The lowest BCUT2D eigenvalue weighted by Crippen LogP contribution is -2.21. The van der Waals surface area contributed by atoms with Crippen molar-refractivity contribution in [1.82, 2.24) is 10.2 Å². The molecule has 3 rings (SSSR count). The zero-order valence-corrected chi connectivity index (χ0v) is 12.8. The van der Waals surface area contributed by atoms with Crippen LogP contribution in [-0.2, 0) is 23.9 Å². The van der Waals surface area contributed by atoms with Gasteiger partial charge in [-0.25, -0.2) is 4.79 Å². The van der Waals surface area contributed by atoms with Crippen LogP contribution in [0.1, 0.15) is 22.4 Å². The van der Waals surface area contributed by atoms with Crippen LogP contribution in [0.3, 0.4) is 0 Å². The van der Waals surface area contributed by atoms with Crippen LogP contribution in [0.4, 0.5) is 29.5 Å². The molecule has 0 bridgehead atoms. The van der Waals surface area contributed by atoms with Gasteiger partial charge in [-0.2, -0.15) is 18.3 Å². The van der Waals surface area contributed by atoms with Crippen molar-refractivity contribution in [3.8, 4) is 0 Å². The van der Waals surface area contributed by atoms with E-state index in [9.17, 15) is 18.0 Å². The van der Waals surface area contributed by atoms with Crippen LogP contribution in [0, 0.1) is 6.92 Å². The lowest BCUT2D eigenvalue weighted by Gasteiger charge is -2.14. The largest absolute Gasteiger partial charge is 0.416 e. The van der Waals surface area contributed by atoms with Crippen LogP contribution in [0.5, 0.6) is 0 Å². The van der Waals surface area contributed by atoms with Gasteiger partial charge < -0.3 is 10.1 Å². The number of rotatable bonds is 2. The molecule has 6 nitrogen and oxygen atoms in total. The molecule has 2 aromatic rings. The molecule has 0 aliphatic carbocycles. The van der Waals surface area contributed by atoms with Crippen molar-refractivity contribution < 1.29 is 22.7 Å². The highest BCUT2D eigenvalue weighted by atomic mass is 19.4. The summed E-state index contributed by atoms with van der Waals surface area (Å²) in [5.41, 5.74) is 1.25. The van der Waals surface area contributed by atoms with Gasteiger partial charge in [0.05, 0.1) is 18.8 Å². The summed E-state index contributed by atoms with van der Waals surface area (Å²) in [5.74, 6) is 0.353. The molecule has 0 saturated heterocycles. The minimum Gasteiger partial charge on any atom is -0.376 e. The number of H-pyrrole nitrogens is 1. The van der Waals surface area contributed by atoms with Crippen molar-refractivity contribution in [2.24, 2.45) is 0 Å². The van der Waals surface area contributed by atoms with Crippen molar-refractivity contribution in [2.75, 3.05) is 17.2 Å². The van der Waals surface area contributed by atoms with E-state index in [-0.39, 0.29) is 11.3 Å². The quantitative estimate of drug-likeness (QED) is 0.783. The number of aromatic amines is 1. The number of carbonyl (C=O) groups excluding carboxylic acids is 1. The van der Waals surface area contributed by atoms with E-state index in [1.165, 1.54) is 19.1 Å². The smallest absolute Gasteiger partial charge is 0.376 e. The van der Waals surface area contributed by atoms with Gasteiger partial charge in [0, 0.05) is 23.4 Å². The van der Waals surface area contributed by atoms with Crippen LogP contribution < -0.4 is 10.6 Å². The first-order valence-corrected chi connectivity index (χ1v) is 7.24. The number of aromatic nitrogens is 2. The van der Waals surface area contributed by atoms with Crippen molar-refractivity contribution in [2.45, 2.75) is 26.1 Å². The van der Waals surface area contributed by atoms with Crippen LogP contribution in [0.25, 0.3) is 0 Å². The second-order valence-corrected chi connectivity index (χ2v) is 5.44. The molecule has 24 heavy (non-hydrogen) atoms. The van der Waals surface area contributed by atoms with Gasteiger partial charge in [-0.3, -0.25) is 10.4 Å². The summed E-state index contributed by atoms with van der Waals surface area (Å²) in [6, 6.07) is 2.83. The Bertz CT molecular complexity index is 771. The van der Waals surface area contributed by atoms with Gasteiger partial charge in [0.15, 0.2) is 5.82 Å². The van der Waals surface area contributed by atoms with E-state index in [1.54, 1.807) is 0 Å². The molecule has 0 saturated carbocycles. The minimum atomic E-state index is -4.42. The molecule has 0 spiro atoms. The third-order valence-electron chi connectivity index (χ3n) is 3.72. The number of alkyl halides is 3. The van der Waals surface area contributed by atoms with E-state index in [2.05, 4.69) is 20.8 Å². The molecule has 2 amide bonds. The average molecular weight is 340 g/mol. The zero-order valence-electron chi connectivity index (χ0n) is 12.8. The van der Waals surface area contributed by atoms with Crippen LogP contribution in [0.2, 0.25) is 0 Å². The number of halogens is 3. The first-order chi connectivity index (χ1) is 11.3. The number of aryl methyl sites for hydroxylation is 1. The third-order valence-corrected chi connectivity index (χ3v) is 3.72. The number of nitrogens with zero attached hydrogens (tertiary/aromatic N) is 1. The Labute approximate surface area is 135 Å². The van der Waals surface area contributed by atoms with Gasteiger partial charge in [0.25, 0.3) is 0 Å². The summed E-state index contributed by atoms with van der Waals surface area (Å²) in [6.45, 7) is 2.28. The number of carbonyl (C=O) groups is 1. The Hall–Kier alpha value is -2.55. The number of urea groups is 1. The maximum atomic E-state index is 12.7. The van der Waals surface area contributed by atoms with E-state index >= 15 is 0 Å². The number of fused-ring (bicyclic) bond motifs is 1. The number of hydrogen-bond donors (Lipinski definition) is 3. The van der Waals surface area contributed by atoms with E-state index in [0.29, 0.717) is 25.5 Å². The molecule has 0 unspecified atom stereocenters. The molecule has 9 heteroatoms. The predicted molar refractivity (Wildman–Crippen MR) is 80.8 cm³/mol. The monoisotopic (exact) mass is 340 g/mol. The highest BCUT2D eigenvalue weighted by Crippen LogP contribution is 2.33. The Kier molecular flexibility index (Phi) is 4.18. The molecular weight excluding hydrogens is 325 g/mol. The summed E-state index contributed by atoms with van der Waals surface area (Å²) < 4.78 is 43.5. The molecule has 1 aliphatic heterocycles. The summed E-state index contributed by atoms with van der Waals surface area (Å²) in [6.07, 6.45) is -3.73. The lowest BCUT2D eigenvalue weighted by molar-refractivity contribution is -0.138. The number of hydrogen-bond acceptors (Lipinski definition) is 3. The Morgan fingerprint density at radius 2 is 2.12 bits per heavy atom. The molecule has 128 valence electrons. The fourth-order valence-electron chi connectivity index (χ4n) is 2.54. The standard InChI is InChI=1S/C15H15F3N4O2/c1-8-6-9(2-3-11(8)15(16,17)18)19-14(23)20-13-10-7-24-5-4-12(10)21-22-13/h2-3,6H,4-5,7H2,1H3,(H3,19,20,21,22,23). The number of ether oxygens (including phenoxy) is 1. The van der Waals surface area contributed by atoms with Gasteiger partial charge in [-0.15, -0.1) is 0 Å². The van der Waals surface area contributed by atoms with Gasteiger partial charge >= 0.3 is 12.2 Å². The van der Waals surface area contributed by atoms with E-state index in [4.69, 9.17) is 4.74 Å². The van der Waals surface area contributed by atoms with Crippen LogP contribution >= 0.6 is 0 Å². The normalized spacial score (nSPS) is 14.2. The molecule has 2 heterocycles. The highest BCUT2D eigenvalue weighted by Gasteiger charge is 2.32. The summed E-state index contributed by atoms with van der Waals surface area (Å²) in [7, 11) is 0. The SMILES string of the molecule is Cc1cc(NC(=O)Nc2n[nH]c3c2COCC3)ccc1C(F)(F)F. The highest BCUT2D eigenvalue weighted by molar-refractivity contribution is 5.99. The summed E-state index contributed by atoms with van der Waals surface area (Å²) in [5, 5.41) is 11.9. The first kappa shape index (κ1) is 16.3. The van der Waals surface area contributed by atoms with Crippen molar-refractivity contribution in [3.63, 3.8) is 0 Å². The molecule has 0 radical (unpaired) electrons. The topological polar surface area (TPSA) is 79.0 Å². The van der Waals surface area contributed by atoms with Gasteiger partial charge in [-0.05, 0) is 30.7 Å². The minimum absolute atomic E-state index is 0.0332. The number of nitrogens with one attached hydrogen (secondary N) is 3. The van der Waals surface area contributed by atoms with E-state index in [0.717, 1.165) is 17.3 Å². The average Bonchev–Trinajstić information content (AvgIpc) is 2.89. The van der Waals surface area contributed by atoms with Crippen molar-refractivity contribution in [3.05, 3.63) is 40.6 Å². The molecule has 0 atom stereocenters. The molecule has 3 N–H and O–H groups in total. The van der Waals surface area contributed by atoms with Crippen LogP contribution in [-0.4, -0.2) is 22.8 Å². The molecular formula is C15H15F3N4O2. The molecule has 0 fully saturated rings. The Balaban J connectivity index is 1.69. The molecule has 1 aromatic heterocycles. The maximum Gasteiger partial charge on any atom is 0.416 e. The van der Waals surface area contributed by atoms with Crippen molar-refractivity contribution in [1.29, 1.82) is 0 Å². The summed E-state index contributed by atoms with van der Waals surface area (Å²) >= 11 is 0. The summed E-state index contributed by atoms with van der Waals surface area (Å²) in [4.78, 5) is 12.0. The zero-order chi connectivity index (χ0) is 17.3. The second kappa shape index (κ2) is 6.16. The fraction of sp³-hybridized carbons (Fsp3) is 0.333. The van der Waals surface area contributed by atoms with Crippen LogP contribution in [0.15, 0.2) is 18.2 Å². The van der Waals surface area contributed by atoms with E-state index in [1.807, 2.05) is 0 Å². The number of anilines is 2. The molecule has 1 aliphatic rings. The van der Waals surface area contributed by atoms with Gasteiger partial charge in [0.2, 0.25) is 0 Å². The van der Waals surface area contributed by atoms with Gasteiger partial charge in [-0.1, -0.05) is 0 Å². The van der Waals surface area contributed by atoms with Gasteiger partial charge in [0.1, 0.15) is 0 Å². The first-order valence-electron chi connectivity index (χ1n) is 7.24. The second-order valence-electron chi connectivity index (χ2n) is 5.44. The Morgan fingerprint density at radius 3 is 2.83 bits per heavy atom. The number of benzene rings is 1. The molecule has 1 aromatic carbocycles. The van der Waals surface area contributed by atoms with E-state index < -0.39 is 17.8 Å². The third kappa shape index (κ3) is 3.35. The predicted octanol–water partition coefficient (Wildman–Crippen LogP) is 3.45. The Morgan fingerprint density at radius 1 is 1.33 bits per heavy atom. The number of amides is 2. The maximum absolute atomic E-state index is 12.7. The lowest BCUT2D eigenvalue weighted by atomic mass is 10.1. The van der Waals surface area contributed by atoms with Crippen molar-refractivity contribution >= 4 is 17.5 Å². The fourth-order valence-corrected chi connectivity index (χ4v) is 2.54.